The van der Waals surface area contributed by atoms with E-state index in [1.165, 1.54) is 11.6 Å². The summed E-state index contributed by atoms with van der Waals surface area (Å²) in [6.45, 7) is 0. The molecule has 2 unspecified atom stereocenters. The number of hydrogen-bond acceptors (Lipinski definition) is 2. The van der Waals surface area contributed by atoms with Crippen molar-refractivity contribution in [1.29, 1.82) is 0 Å². The van der Waals surface area contributed by atoms with Crippen LogP contribution in [0.25, 0.3) is 11.6 Å². The Labute approximate surface area is 176 Å². The molecule has 2 heteroatoms. The molecule has 1 aliphatic rings. The number of hydrogen-bond donors (Lipinski definition) is 2. The van der Waals surface area contributed by atoms with Gasteiger partial charge in [-0.15, -0.1) is 0 Å². The fraction of sp³-hybridized carbons (Fsp3) is 0.0714. The van der Waals surface area contributed by atoms with Crippen molar-refractivity contribution in [2.45, 2.75) is 11.8 Å². The number of fused-ring (bicyclic) bond motifs is 1. The highest BCUT2D eigenvalue weighted by Crippen LogP contribution is 2.58. The summed E-state index contributed by atoms with van der Waals surface area (Å²) in [5.41, 5.74) is 6.29. The Hall–Kier alpha value is -3.78. The molecule has 2 N–H and O–H groups in total. The van der Waals surface area contributed by atoms with Gasteiger partial charge >= 0.3 is 0 Å². The molecule has 0 heterocycles. The van der Waals surface area contributed by atoms with E-state index in [2.05, 4.69) is 54.6 Å². The van der Waals surface area contributed by atoms with E-state index in [9.17, 15) is 10.2 Å². The number of aromatic hydroxyl groups is 2. The molecule has 4 aromatic rings. The van der Waals surface area contributed by atoms with E-state index in [-0.39, 0.29) is 23.3 Å². The third kappa shape index (κ3) is 3.17. The minimum Gasteiger partial charge on any atom is -0.508 e. The Morgan fingerprint density at radius 3 is 1.73 bits per heavy atom. The lowest BCUT2D eigenvalue weighted by Gasteiger charge is -2.23. The molecule has 0 spiro atoms. The first kappa shape index (κ1) is 18.3. The van der Waals surface area contributed by atoms with E-state index in [1.807, 2.05) is 42.5 Å². The van der Waals surface area contributed by atoms with Gasteiger partial charge in [-0.1, -0.05) is 97.1 Å². The highest BCUT2D eigenvalue weighted by molar-refractivity contribution is 5.93. The van der Waals surface area contributed by atoms with E-state index in [1.54, 1.807) is 6.07 Å². The summed E-state index contributed by atoms with van der Waals surface area (Å²) in [6.07, 6.45) is 2.18. The van der Waals surface area contributed by atoms with Gasteiger partial charge in [-0.2, -0.15) is 0 Å². The van der Waals surface area contributed by atoms with Crippen molar-refractivity contribution in [1.82, 2.24) is 0 Å². The smallest absolute Gasteiger partial charge is 0.123 e. The van der Waals surface area contributed by atoms with Crippen molar-refractivity contribution in [2.24, 2.45) is 0 Å². The molecule has 0 aromatic heterocycles. The number of phenols is 2. The first-order chi connectivity index (χ1) is 14.7. The third-order valence-corrected chi connectivity index (χ3v) is 5.87. The van der Waals surface area contributed by atoms with E-state index in [4.69, 9.17) is 0 Å². The van der Waals surface area contributed by atoms with Gasteiger partial charge in [0.15, 0.2) is 0 Å². The summed E-state index contributed by atoms with van der Waals surface area (Å²) in [6, 6.07) is 34.1. The highest BCUT2D eigenvalue weighted by Gasteiger charge is 2.40. The maximum atomic E-state index is 10.9. The summed E-state index contributed by atoms with van der Waals surface area (Å²) in [4.78, 5) is 0. The lowest BCUT2D eigenvalue weighted by molar-refractivity contribution is 0.444. The number of benzene rings is 4. The number of phenolic OH excluding ortho intramolecular Hbond substituents is 2. The second-order valence-electron chi connectivity index (χ2n) is 7.71. The molecular formula is C28H22O2. The lowest BCUT2D eigenvalue weighted by atomic mass is 9.80. The second-order valence-corrected chi connectivity index (χ2v) is 7.71. The molecule has 0 radical (unpaired) electrons. The van der Waals surface area contributed by atoms with Crippen molar-refractivity contribution in [3.05, 3.63) is 131 Å². The summed E-state index contributed by atoms with van der Waals surface area (Å²) in [5, 5.41) is 21.2. The van der Waals surface area contributed by atoms with Crippen LogP contribution in [0.5, 0.6) is 11.5 Å². The molecule has 2 nitrogen and oxygen atoms in total. The van der Waals surface area contributed by atoms with Gasteiger partial charge in [-0.25, -0.2) is 0 Å². The highest BCUT2D eigenvalue weighted by atomic mass is 16.3. The number of rotatable bonds is 3. The molecule has 4 aromatic carbocycles. The summed E-state index contributed by atoms with van der Waals surface area (Å²) < 4.78 is 0. The Morgan fingerprint density at radius 2 is 1.13 bits per heavy atom. The molecule has 0 saturated heterocycles. The summed E-state index contributed by atoms with van der Waals surface area (Å²) in [5.74, 6) is 0.192. The van der Waals surface area contributed by atoms with Crippen LogP contribution in [0.1, 0.15) is 39.7 Å². The fourth-order valence-corrected chi connectivity index (χ4v) is 4.65. The van der Waals surface area contributed by atoms with Crippen LogP contribution in [0.15, 0.2) is 103 Å². The van der Waals surface area contributed by atoms with Gasteiger partial charge in [0.2, 0.25) is 0 Å². The minimum absolute atomic E-state index is 0.0245. The van der Waals surface area contributed by atoms with Crippen molar-refractivity contribution in [2.75, 3.05) is 0 Å². The van der Waals surface area contributed by atoms with Crippen LogP contribution in [0, 0.1) is 0 Å². The van der Waals surface area contributed by atoms with E-state index in [0.29, 0.717) is 0 Å². The zero-order valence-corrected chi connectivity index (χ0v) is 16.4. The van der Waals surface area contributed by atoms with Crippen LogP contribution in [-0.2, 0) is 0 Å². The van der Waals surface area contributed by atoms with Crippen molar-refractivity contribution < 1.29 is 10.2 Å². The predicted octanol–water partition coefficient (Wildman–Crippen LogP) is 6.57. The lowest BCUT2D eigenvalue weighted by Crippen LogP contribution is -2.07. The molecular weight excluding hydrogens is 368 g/mol. The topological polar surface area (TPSA) is 40.5 Å². The average molecular weight is 390 g/mol. The Balaban J connectivity index is 1.82. The normalized spacial score (nSPS) is 19.0. The summed E-state index contributed by atoms with van der Waals surface area (Å²) >= 11 is 0. The van der Waals surface area contributed by atoms with Gasteiger partial charge < -0.3 is 10.2 Å². The summed E-state index contributed by atoms with van der Waals surface area (Å²) in [7, 11) is 0. The molecule has 0 fully saturated rings. The van der Waals surface area contributed by atoms with E-state index >= 15 is 0 Å². The van der Waals surface area contributed by atoms with Gasteiger partial charge in [0.05, 0.1) is 0 Å². The van der Waals surface area contributed by atoms with E-state index < -0.39 is 0 Å². The second kappa shape index (κ2) is 7.57. The molecule has 0 bridgehead atoms. The quantitative estimate of drug-likeness (QED) is 0.415. The maximum Gasteiger partial charge on any atom is 0.123 e. The maximum absolute atomic E-state index is 10.9. The van der Waals surface area contributed by atoms with Gasteiger partial charge in [0, 0.05) is 23.5 Å². The molecule has 30 heavy (non-hydrogen) atoms. The fourth-order valence-electron chi connectivity index (χ4n) is 4.65. The van der Waals surface area contributed by atoms with Gasteiger partial charge in [-0.3, -0.25) is 0 Å². The third-order valence-electron chi connectivity index (χ3n) is 5.87. The largest absolute Gasteiger partial charge is 0.508 e. The van der Waals surface area contributed by atoms with Crippen molar-refractivity contribution in [3.8, 4) is 11.5 Å². The number of allylic oxidation sites excluding steroid dienone is 1. The Bertz CT molecular complexity index is 1200. The van der Waals surface area contributed by atoms with Crippen LogP contribution in [0.3, 0.4) is 0 Å². The van der Waals surface area contributed by atoms with E-state index in [0.717, 1.165) is 27.8 Å². The van der Waals surface area contributed by atoms with Gasteiger partial charge in [0.25, 0.3) is 0 Å². The molecule has 5 rings (SSSR count). The van der Waals surface area contributed by atoms with Crippen molar-refractivity contribution >= 4 is 11.6 Å². The van der Waals surface area contributed by atoms with Crippen molar-refractivity contribution in [3.63, 3.8) is 0 Å². The van der Waals surface area contributed by atoms with Crippen LogP contribution >= 0.6 is 0 Å². The molecule has 0 amide bonds. The van der Waals surface area contributed by atoms with Gasteiger partial charge in [0.1, 0.15) is 11.5 Å². The molecule has 0 saturated carbocycles. The molecule has 0 aliphatic heterocycles. The zero-order valence-electron chi connectivity index (χ0n) is 16.4. The Morgan fingerprint density at radius 1 is 0.600 bits per heavy atom. The monoisotopic (exact) mass is 390 g/mol. The predicted molar refractivity (Wildman–Crippen MR) is 122 cm³/mol. The Kier molecular flexibility index (Phi) is 4.61. The van der Waals surface area contributed by atoms with Gasteiger partial charge in [-0.05, 0) is 33.9 Å². The average Bonchev–Trinajstić information content (AvgIpc) is 3.10. The van der Waals surface area contributed by atoms with Crippen LogP contribution in [0.2, 0.25) is 0 Å². The zero-order chi connectivity index (χ0) is 20.5. The first-order valence-corrected chi connectivity index (χ1v) is 10.1. The first-order valence-electron chi connectivity index (χ1n) is 10.1. The van der Waals surface area contributed by atoms with Crippen LogP contribution in [-0.4, -0.2) is 10.2 Å². The van der Waals surface area contributed by atoms with Crippen LogP contribution < -0.4 is 0 Å². The molecule has 146 valence electrons. The SMILES string of the molecule is Oc1cc(O)c2c(c1)/C(=C/c1ccccc1)C(c1ccccc1)C2c1ccccc1. The molecule has 1 aliphatic carbocycles. The molecule has 2 atom stereocenters. The van der Waals surface area contributed by atoms with Crippen LogP contribution in [0.4, 0.5) is 0 Å². The minimum atomic E-state index is -0.0424. The standard InChI is InChI=1S/C28H22O2/c29-22-17-24-23(16-19-10-4-1-5-11-19)26(20-12-6-2-7-13-20)27(28(24)25(30)18-22)21-14-8-3-9-15-21/h1-18,26-27,29-30H/b23-16-.